The Labute approximate surface area is 321 Å². The fourth-order valence-electron chi connectivity index (χ4n) is 10.2. The lowest BCUT2D eigenvalue weighted by Crippen LogP contribution is -2.57. The fraction of sp³-hybridized carbons (Fsp3) is 0.595. The Balaban J connectivity index is 1.25. The maximum atomic E-state index is 17.4. The van der Waals surface area contributed by atoms with Crippen molar-refractivity contribution in [2.24, 2.45) is 5.41 Å². The summed E-state index contributed by atoms with van der Waals surface area (Å²) in [7, 11) is 1.44. The van der Waals surface area contributed by atoms with Crippen LogP contribution in [0.25, 0.3) is 32.9 Å². The van der Waals surface area contributed by atoms with Crippen LogP contribution in [0.1, 0.15) is 78.2 Å². The van der Waals surface area contributed by atoms with Gasteiger partial charge in [-0.15, -0.1) is 0 Å². The number of aromatic nitrogens is 3. The number of phenolic OH excluding ortho intramolecular Hbond substituents is 1. The Kier molecular flexibility index (Phi) is 10.3. The van der Waals surface area contributed by atoms with Crippen molar-refractivity contribution in [3.63, 3.8) is 0 Å². The lowest BCUT2D eigenvalue weighted by molar-refractivity contribution is -0.0967. The highest BCUT2D eigenvalue weighted by atomic mass is 19.1. The van der Waals surface area contributed by atoms with Gasteiger partial charge in [0.15, 0.2) is 5.82 Å². The number of rotatable bonds is 8. The third kappa shape index (κ3) is 7.06. The summed E-state index contributed by atoms with van der Waals surface area (Å²) in [5.74, 6) is -0.993. The number of hydrogen-bond acceptors (Lipinski definition) is 11. The summed E-state index contributed by atoms with van der Waals surface area (Å²) in [4.78, 5) is 18.9. The predicted octanol–water partition coefficient (Wildman–Crippen LogP) is 6.96. The molecule has 3 aliphatic heterocycles. The number of phenols is 1. The molecule has 6 atom stereocenters. The maximum absolute atomic E-state index is 17.4. The molecule has 0 radical (unpaired) electrons. The zero-order valence-electron chi connectivity index (χ0n) is 32.5. The minimum absolute atomic E-state index is 0.0110. The van der Waals surface area contributed by atoms with Crippen molar-refractivity contribution >= 4 is 27.5 Å². The summed E-state index contributed by atoms with van der Waals surface area (Å²) in [6.07, 6.45) is 8.09. The van der Waals surface area contributed by atoms with Crippen LogP contribution < -0.4 is 14.4 Å². The maximum Gasteiger partial charge on any atom is 0.319 e. The van der Waals surface area contributed by atoms with E-state index in [9.17, 15) is 10.2 Å². The highest BCUT2D eigenvalue weighted by molar-refractivity contribution is 6.03. The van der Waals surface area contributed by atoms with E-state index in [1.54, 1.807) is 13.0 Å². The van der Waals surface area contributed by atoms with Gasteiger partial charge in [0.2, 0.25) is 5.88 Å². The largest absolute Gasteiger partial charge is 0.508 e. The molecule has 4 aliphatic rings. The first-order valence-electron chi connectivity index (χ1n) is 19.9. The van der Waals surface area contributed by atoms with Crippen molar-refractivity contribution in [2.45, 2.75) is 109 Å². The number of halogens is 2. The standard InChI is InChI=1S/C42H53F2N5O6/c1-6-29-31(43)11-10-26-19-28(50)20-30(33(26)29)36-35(44)37-34(39(45-36)52-5)38(48-15-16-53-22-41(4,51)21-48)47-40(46-37)54-23-42-12-7-9-32(42)49(14-8-13-42)27-17-24(2)55-25(3)18-27/h10-11,19-20,24-25,27,32,50-51H,6-9,12-18,21-23H2,1-5H3/t24-,25+,27?,32-,41+,42-/m1/s1. The van der Waals surface area contributed by atoms with Gasteiger partial charge in [-0.1, -0.05) is 19.4 Å². The second kappa shape index (κ2) is 14.9. The van der Waals surface area contributed by atoms with Crippen LogP contribution in [0.3, 0.4) is 0 Å². The van der Waals surface area contributed by atoms with E-state index in [0.29, 0.717) is 60.4 Å². The topological polar surface area (TPSA) is 123 Å². The van der Waals surface area contributed by atoms with Crippen LogP contribution in [-0.4, -0.2) is 107 Å². The van der Waals surface area contributed by atoms with E-state index < -0.39 is 17.2 Å². The van der Waals surface area contributed by atoms with Crippen molar-refractivity contribution in [3.8, 4) is 28.9 Å². The zero-order chi connectivity index (χ0) is 38.6. The van der Waals surface area contributed by atoms with Gasteiger partial charge in [-0.2, -0.15) is 9.97 Å². The molecule has 8 rings (SSSR count). The minimum atomic E-state index is -1.23. The molecule has 13 heteroatoms. The normalized spacial score (nSPS) is 29.1. The van der Waals surface area contributed by atoms with Crippen LogP contribution in [-0.2, 0) is 15.9 Å². The number of piperidine rings is 1. The molecule has 2 aromatic carbocycles. The van der Waals surface area contributed by atoms with Crippen molar-refractivity contribution in [1.29, 1.82) is 0 Å². The Bertz CT molecular complexity index is 2070. The number of hydrogen-bond donors (Lipinski definition) is 2. The molecular formula is C42H53F2N5O6. The Morgan fingerprint density at radius 2 is 1.80 bits per heavy atom. The van der Waals surface area contributed by atoms with Gasteiger partial charge in [0.25, 0.3) is 0 Å². The molecule has 0 bridgehead atoms. The van der Waals surface area contributed by atoms with E-state index in [2.05, 4.69) is 23.7 Å². The molecule has 2 aromatic heterocycles. The van der Waals surface area contributed by atoms with E-state index in [-0.39, 0.29) is 70.6 Å². The number of pyridine rings is 1. The number of nitrogens with zero attached hydrogens (tertiary/aromatic N) is 5. The number of aryl methyl sites for hydroxylation is 1. The second-order valence-corrected chi connectivity index (χ2v) is 16.6. The van der Waals surface area contributed by atoms with E-state index in [1.807, 2.05) is 11.8 Å². The molecule has 1 saturated carbocycles. The van der Waals surface area contributed by atoms with Crippen LogP contribution in [0.2, 0.25) is 0 Å². The van der Waals surface area contributed by atoms with Gasteiger partial charge in [0, 0.05) is 29.6 Å². The molecule has 1 aliphatic carbocycles. The number of aromatic hydroxyl groups is 1. The van der Waals surface area contributed by atoms with Gasteiger partial charge in [-0.25, -0.2) is 13.8 Å². The molecule has 11 nitrogen and oxygen atoms in total. The Morgan fingerprint density at radius 3 is 2.56 bits per heavy atom. The number of benzene rings is 2. The number of methoxy groups -OCH3 is 1. The first-order chi connectivity index (χ1) is 26.4. The van der Waals surface area contributed by atoms with Gasteiger partial charge < -0.3 is 34.1 Å². The third-order valence-electron chi connectivity index (χ3n) is 12.4. The third-order valence-corrected chi connectivity index (χ3v) is 12.4. The minimum Gasteiger partial charge on any atom is -0.508 e. The lowest BCUT2D eigenvalue weighted by atomic mass is 9.74. The van der Waals surface area contributed by atoms with Gasteiger partial charge in [-0.3, -0.25) is 4.90 Å². The number of aliphatic hydroxyl groups is 1. The zero-order valence-corrected chi connectivity index (χ0v) is 32.5. The molecule has 5 heterocycles. The molecule has 1 unspecified atom stereocenters. The lowest BCUT2D eigenvalue weighted by Gasteiger charge is -2.51. The average Bonchev–Trinajstić information content (AvgIpc) is 3.50. The summed E-state index contributed by atoms with van der Waals surface area (Å²) >= 11 is 0. The van der Waals surface area contributed by atoms with Crippen LogP contribution in [0.15, 0.2) is 24.3 Å². The predicted molar refractivity (Wildman–Crippen MR) is 206 cm³/mol. The highest BCUT2D eigenvalue weighted by Crippen LogP contribution is 2.50. The molecule has 2 N–H and O–H groups in total. The van der Waals surface area contributed by atoms with Crippen LogP contribution >= 0.6 is 0 Å². The number of β-amino-alcohol motifs (C(OH)–C–C–N with tert-alkyl or cyclic N) is 1. The SMILES string of the molecule is CCc1c(F)ccc2cc(O)cc(-c3nc(OC)c4c(N5CCOC[C@@](C)(O)C5)nc(OC[C@]56CCC[C@H]5N(C5C[C@@H](C)O[C@@H](C)C5)CCC6)nc4c3F)c12. The quantitative estimate of drug-likeness (QED) is 0.194. The van der Waals surface area contributed by atoms with Crippen LogP contribution in [0.4, 0.5) is 14.6 Å². The van der Waals surface area contributed by atoms with Crippen molar-refractivity contribution in [3.05, 3.63) is 41.5 Å². The van der Waals surface area contributed by atoms with E-state index in [0.717, 1.165) is 51.5 Å². The van der Waals surface area contributed by atoms with Crippen LogP contribution in [0, 0.1) is 17.0 Å². The van der Waals surface area contributed by atoms with Gasteiger partial charge in [-0.05, 0) is 107 Å². The molecular weight excluding hydrogens is 708 g/mol. The number of anilines is 1. The molecule has 4 fully saturated rings. The summed E-state index contributed by atoms with van der Waals surface area (Å²) in [5, 5.41) is 23.2. The summed E-state index contributed by atoms with van der Waals surface area (Å²) in [5.41, 5.74) is -0.982. The van der Waals surface area contributed by atoms with E-state index in [1.165, 1.54) is 25.3 Å². The fourth-order valence-corrected chi connectivity index (χ4v) is 10.2. The number of likely N-dealkylation sites (tertiary alicyclic amines) is 1. The smallest absolute Gasteiger partial charge is 0.319 e. The number of fused-ring (bicyclic) bond motifs is 3. The molecule has 3 saturated heterocycles. The summed E-state index contributed by atoms with van der Waals surface area (Å²) in [6, 6.07) is 6.65. The monoisotopic (exact) mass is 761 g/mol. The second-order valence-electron chi connectivity index (χ2n) is 16.6. The Morgan fingerprint density at radius 1 is 1.02 bits per heavy atom. The van der Waals surface area contributed by atoms with E-state index >= 15 is 8.78 Å². The summed E-state index contributed by atoms with van der Waals surface area (Å²) in [6.45, 7) is 10.2. The van der Waals surface area contributed by atoms with Gasteiger partial charge >= 0.3 is 6.01 Å². The molecule has 4 aromatic rings. The molecule has 0 amide bonds. The van der Waals surface area contributed by atoms with Crippen LogP contribution in [0.5, 0.6) is 17.6 Å². The first-order valence-corrected chi connectivity index (χ1v) is 19.9. The van der Waals surface area contributed by atoms with E-state index in [4.69, 9.17) is 28.9 Å². The van der Waals surface area contributed by atoms with Crippen molar-refractivity contribution < 1.29 is 37.9 Å². The van der Waals surface area contributed by atoms with Gasteiger partial charge in [0.1, 0.15) is 39.6 Å². The Hall–Kier alpha value is -3.91. The van der Waals surface area contributed by atoms with Crippen molar-refractivity contribution in [1.82, 2.24) is 19.9 Å². The van der Waals surface area contributed by atoms with Crippen molar-refractivity contribution in [2.75, 3.05) is 51.5 Å². The summed E-state index contributed by atoms with van der Waals surface area (Å²) < 4.78 is 57.0. The average molecular weight is 762 g/mol. The highest BCUT2D eigenvalue weighted by Gasteiger charge is 2.51. The number of ether oxygens (including phenoxy) is 4. The van der Waals surface area contributed by atoms with Gasteiger partial charge in [0.05, 0.1) is 45.7 Å². The molecule has 0 spiro atoms. The molecule has 55 heavy (non-hydrogen) atoms. The first kappa shape index (κ1) is 38.0. The molecule has 296 valence electrons.